The summed E-state index contributed by atoms with van der Waals surface area (Å²) in [6, 6.07) is 14.9. The van der Waals surface area contributed by atoms with Crippen molar-refractivity contribution in [2.45, 2.75) is 30.2 Å². The average Bonchev–Trinajstić information content (AvgIpc) is 2.69. The van der Waals surface area contributed by atoms with Crippen molar-refractivity contribution in [2.75, 3.05) is 5.32 Å². The molecule has 6 nitrogen and oxygen atoms in total. The second kappa shape index (κ2) is 7.75. The van der Waals surface area contributed by atoms with Gasteiger partial charge in [-0.05, 0) is 30.2 Å². The highest BCUT2D eigenvalue weighted by Gasteiger charge is 2.32. The van der Waals surface area contributed by atoms with Crippen molar-refractivity contribution in [3.8, 4) is 5.75 Å². The van der Waals surface area contributed by atoms with Crippen molar-refractivity contribution in [2.24, 2.45) is 7.05 Å². The fourth-order valence-electron chi connectivity index (χ4n) is 3.64. The zero-order chi connectivity index (χ0) is 20.5. The van der Waals surface area contributed by atoms with E-state index < -0.39 is 5.92 Å². The number of hydrogen-bond acceptors (Lipinski definition) is 5. The van der Waals surface area contributed by atoms with Gasteiger partial charge >= 0.3 is 0 Å². The summed E-state index contributed by atoms with van der Waals surface area (Å²) in [7, 11) is 1.80. The normalized spacial score (nSPS) is 15.7. The van der Waals surface area contributed by atoms with Gasteiger partial charge in [0.25, 0.3) is 5.56 Å². The summed E-state index contributed by atoms with van der Waals surface area (Å²) in [4.78, 5) is 29.6. The van der Waals surface area contributed by atoms with Gasteiger partial charge in [-0.25, -0.2) is 0 Å². The lowest BCUT2D eigenvalue weighted by Crippen LogP contribution is -2.33. The fraction of sp³-hybridized carbons (Fsp3) is 0.227. The maximum atomic E-state index is 12.9. The Balaban J connectivity index is 1.72. The average molecular weight is 407 g/mol. The topological polar surface area (TPSA) is 84.2 Å². The molecule has 1 amide bonds. The number of nitrogens with one attached hydrogen (secondary N) is 1. The molecule has 0 bridgehead atoms. The van der Waals surface area contributed by atoms with E-state index in [1.165, 1.54) is 17.3 Å². The van der Waals surface area contributed by atoms with Gasteiger partial charge < -0.3 is 15.0 Å². The van der Waals surface area contributed by atoms with Crippen molar-refractivity contribution >= 4 is 23.5 Å². The number of phenols is 1. The number of carbonyl (C=O) groups is 1. The molecule has 2 N–H and O–H groups in total. The zero-order valence-corrected chi connectivity index (χ0v) is 17.0. The third-order valence-corrected chi connectivity index (χ3v) is 6.12. The summed E-state index contributed by atoms with van der Waals surface area (Å²) < 4.78 is 1.77. The minimum atomic E-state index is -0.437. The molecule has 7 heteroatoms. The first-order chi connectivity index (χ1) is 13.9. The predicted molar refractivity (Wildman–Crippen MR) is 113 cm³/mol. The number of anilines is 1. The van der Waals surface area contributed by atoms with Gasteiger partial charge in [0.05, 0.1) is 5.56 Å². The number of amides is 1. The van der Waals surface area contributed by atoms with E-state index in [0.29, 0.717) is 22.3 Å². The maximum Gasteiger partial charge on any atom is 0.279 e. The minimum Gasteiger partial charge on any atom is -0.508 e. The van der Waals surface area contributed by atoms with Crippen LogP contribution in [0.5, 0.6) is 5.75 Å². The number of rotatable bonds is 4. The molecule has 0 fully saturated rings. The Morgan fingerprint density at radius 2 is 2.00 bits per heavy atom. The third kappa shape index (κ3) is 3.91. The number of thioether (sulfide) groups is 1. The quantitative estimate of drug-likeness (QED) is 0.510. The molecule has 0 saturated heterocycles. The SMILES string of the molecule is Cc1cccc(CSc2nc(=O)c3c(n2C)NC(=O)C[C@@H]3c2cccc(O)c2)c1. The number of aryl methyl sites for hydroxylation is 1. The van der Waals surface area contributed by atoms with Crippen molar-refractivity contribution in [3.05, 3.63) is 81.1 Å². The number of aromatic nitrogens is 2. The monoisotopic (exact) mass is 407 g/mol. The molecule has 2 aromatic carbocycles. The van der Waals surface area contributed by atoms with Crippen LogP contribution in [0.4, 0.5) is 5.82 Å². The Kier molecular flexibility index (Phi) is 5.15. The fourth-order valence-corrected chi connectivity index (χ4v) is 4.55. The molecule has 1 aromatic heterocycles. The van der Waals surface area contributed by atoms with Crippen LogP contribution in [0.15, 0.2) is 58.5 Å². The van der Waals surface area contributed by atoms with E-state index in [4.69, 9.17) is 0 Å². The first-order valence-electron chi connectivity index (χ1n) is 9.30. The summed E-state index contributed by atoms with van der Waals surface area (Å²) in [5, 5.41) is 13.2. The van der Waals surface area contributed by atoms with E-state index in [2.05, 4.69) is 16.4 Å². The lowest BCUT2D eigenvalue weighted by atomic mass is 9.86. The first kappa shape index (κ1) is 19.3. The Morgan fingerprint density at radius 1 is 1.21 bits per heavy atom. The minimum absolute atomic E-state index is 0.102. The molecule has 2 heterocycles. The van der Waals surface area contributed by atoms with Crippen molar-refractivity contribution < 1.29 is 9.90 Å². The highest BCUT2D eigenvalue weighted by Crippen LogP contribution is 2.36. The Labute approximate surface area is 172 Å². The zero-order valence-electron chi connectivity index (χ0n) is 16.2. The largest absolute Gasteiger partial charge is 0.508 e. The Hall–Kier alpha value is -3.06. The summed E-state index contributed by atoms with van der Waals surface area (Å²) in [5.74, 6) is 0.644. The molecule has 0 saturated carbocycles. The van der Waals surface area contributed by atoms with Crippen LogP contribution in [0.3, 0.4) is 0 Å². The van der Waals surface area contributed by atoms with Gasteiger partial charge in [-0.2, -0.15) is 4.98 Å². The maximum absolute atomic E-state index is 12.9. The molecule has 1 aliphatic rings. The summed E-state index contributed by atoms with van der Waals surface area (Å²) in [5.41, 5.74) is 3.15. The third-order valence-electron chi connectivity index (χ3n) is 5.02. The van der Waals surface area contributed by atoms with E-state index in [0.717, 1.165) is 11.1 Å². The second-order valence-electron chi connectivity index (χ2n) is 7.20. The van der Waals surface area contributed by atoms with E-state index in [1.54, 1.807) is 29.8 Å². The smallest absolute Gasteiger partial charge is 0.279 e. The van der Waals surface area contributed by atoms with Crippen LogP contribution in [0.25, 0.3) is 0 Å². The number of nitrogens with zero attached hydrogens (tertiary/aromatic N) is 2. The molecule has 4 rings (SSSR count). The highest BCUT2D eigenvalue weighted by molar-refractivity contribution is 7.98. The number of benzene rings is 2. The second-order valence-corrected chi connectivity index (χ2v) is 8.14. The van der Waals surface area contributed by atoms with Crippen LogP contribution in [-0.2, 0) is 17.6 Å². The van der Waals surface area contributed by atoms with Gasteiger partial charge in [0.1, 0.15) is 11.6 Å². The van der Waals surface area contributed by atoms with E-state index in [1.807, 2.05) is 31.2 Å². The van der Waals surface area contributed by atoms with Crippen LogP contribution in [-0.4, -0.2) is 20.6 Å². The Morgan fingerprint density at radius 3 is 2.76 bits per heavy atom. The molecule has 1 aliphatic heterocycles. The van der Waals surface area contributed by atoms with Gasteiger partial charge in [-0.3, -0.25) is 9.59 Å². The molecule has 1 atom stereocenters. The highest BCUT2D eigenvalue weighted by atomic mass is 32.2. The lowest BCUT2D eigenvalue weighted by Gasteiger charge is -2.27. The molecule has 0 unspecified atom stereocenters. The van der Waals surface area contributed by atoms with Gasteiger partial charge in [-0.1, -0.05) is 53.7 Å². The number of hydrogen-bond donors (Lipinski definition) is 2. The van der Waals surface area contributed by atoms with Crippen molar-refractivity contribution in [3.63, 3.8) is 0 Å². The van der Waals surface area contributed by atoms with Gasteiger partial charge in [0.2, 0.25) is 5.91 Å². The van der Waals surface area contributed by atoms with E-state index >= 15 is 0 Å². The molecule has 3 aromatic rings. The molecular weight excluding hydrogens is 386 g/mol. The Bertz CT molecular complexity index is 1160. The standard InChI is InChI=1S/C22H21N3O3S/c1-13-5-3-6-14(9-13)12-29-22-24-21(28)19-17(15-7-4-8-16(26)10-15)11-18(27)23-20(19)25(22)2/h3-10,17,26H,11-12H2,1-2H3,(H,23,27)/t17-/m1/s1. The van der Waals surface area contributed by atoms with Crippen LogP contribution < -0.4 is 10.9 Å². The first-order valence-corrected chi connectivity index (χ1v) is 10.3. The molecule has 0 spiro atoms. The van der Waals surface area contributed by atoms with Crippen LogP contribution in [0.1, 0.15) is 34.6 Å². The number of carbonyl (C=O) groups excluding carboxylic acids is 1. The number of fused-ring (bicyclic) bond motifs is 1. The van der Waals surface area contributed by atoms with E-state index in [-0.39, 0.29) is 23.6 Å². The van der Waals surface area contributed by atoms with Crippen LogP contribution >= 0.6 is 11.8 Å². The molecule has 148 valence electrons. The summed E-state index contributed by atoms with van der Waals surface area (Å²) in [6.45, 7) is 2.04. The molecule has 0 radical (unpaired) electrons. The number of aromatic hydroxyl groups is 1. The van der Waals surface area contributed by atoms with E-state index in [9.17, 15) is 14.7 Å². The summed E-state index contributed by atoms with van der Waals surface area (Å²) >= 11 is 1.46. The summed E-state index contributed by atoms with van der Waals surface area (Å²) in [6.07, 6.45) is 0.142. The van der Waals surface area contributed by atoms with Crippen LogP contribution in [0, 0.1) is 6.92 Å². The van der Waals surface area contributed by atoms with Crippen molar-refractivity contribution in [1.29, 1.82) is 0 Å². The van der Waals surface area contributed by atoms with Crippen molar-refractivity contribution in [1.82, 2.24) is 9.55 Å². The predicted octanol–water partition coefficient (Wildman–Crippen LogP) is 3.56. The number of phenolic OH excluding ortho intramolecular Hbond substituents is 1. The molecule has 29 heavy (non-hydrogen) atoms. The van der Waals surface area contributed by atoms with Gasteiger partial charge in [0, 0.05) is 25.1 Å². The van der Waals surface area contributed by atoms with Crippen LogP contribution in [0.2, 0.25) is 0 Å². The lowest BCUT2D eigenvalue weighted by molar-refractivity contribution is -0.116. The van der Waals surface area contributed by atoms with Gasteiger partial charge in [0.15, 0.2) is 5.16 Å². The van der Waals surface area contributed by atoms with Gasteiger partial charge in [-0.15, -0.1) is 0 Å². The molecular formula is C22H21N3O3S. The molecule has 0 aliphatic carbocycles.